The first kappa shape index (κ1) is 21.6. The summed E-state index contributed by atoms with van der Waals surface area (Å²) in [5, 5.41) is 15.3. The van der Waals surface area contributed by atoms with Crippen LogP contribution in [0.25, 0.3) is 16.9 Å². The minimum absolute atomic E-state index is 0.325. The number of amides is 1. The molecule has 168 valence electrons. The van der Waals surface area contributed by atoms with Gasteiger partial charge in [-0.05, 0) is 30.3 Å². The van der Waals surface area contributed by atoms with E-state index in [9.17, 15) is 10.1 Å². The van der Waals surface area contributed by atoms with E-state index in [1.165, 1.54) is 39.2 Å². The van der Waals surface area contributed by atoms with Gasteiger partial charge in [0.25, 0.3) is 5.91 Å². The highest BCUT2D eigenvalue weighted by molar-refractivity contribution is 6.06. The largest absolute Gasteiger partial charge is 0.497 e. The van der Waals surface area contributed by atoms with Crippen LogP contribution in [0.2, 0.25) is 0 Å². The second-order valence-electron chi connectivity index (χ2n) is 6.87. The normalized spacial score (nSPS) is 10.5. The Kier molecular flexibility index (Phi) is 5.78. The number of hydrogen-bond acceptors (Lipinski definition) is 7. The van der Waals surface area contributed by atoms with Gasteiger partial charge in [0.05, 0.1) is 28.4 Å². The molecule has 0 unspecified atom stereocenters. The van der Waals surface area contributed by atoms with Crippen molar-refractivity contribution < 1.29 is 23.7 Å². The van der Waals surface area contributed by atoms with Crippen molar-refractivity contribution in [3.05, 3.63) is 53.7 Å². The summed E-state index contributed by atoms with van der Waals surface area (Å²) in [5.41, 5.74) is 2.08. The summed E-state index contributed by atoms with van der Waals surface area (Å²) in [6.45, 7) is 0. The molecule has 10 heteroatoms. The molecule has 0 spiro atoms. The van der Waals surface area contributed by atoms with Gasteiger partial charge in [0.1, 0.15) is 23.1 Å². The number of imidazole rings is 1. The third-order valence-electron chi connectivity index (χ3n) is 5.08. The van der Waals surface area contributed by atoms with Gasteiger partial charge in [0.15, 0.2) is 23.0 Å². The van der Waals surface area contributed by atoms with E-state index >= 15 is 0 Å². The van der Waals surface area contributed by atoms with Crippen molar-refractivity contribution in [2.45, 2.75) is 0 Å². The van der Waals surface area contributed by atoms with Gasteiger partial charge in [-0.3, -0.25) is 9.89 Å². The molecule has 2 aromatic heterocycles. The third kappa shape index (κ3) is 3.76. The number of carbonyl (C=O) groups is 1. The van der Waals surface area contributed by atoms with E-state index in [0.717, 1.165) is 0 Å². The molecule has 0 aliphatic carbocycles. The Bertz CT molecular complexity index is 1360. The molecule has 10 nitrogen and oxygen atoms in total. The summed E-state index contributed by atoms with van der Waals surface area (Å²) < 4.78 is 23.1. The number of hydrogen-bond donors (Lipinski definition) is 2. The molecule has 2 aromatic carbocycles. The highest BCUT2D eigenvalue weighted by atomic mass is 16.5. The van der Waals surface area contributed by atoms with Gasteiger partial charge in [-0.1, -0.05) is 6.07 Å². The van der Waals surface area contributed by atoms with E-state index in [1.54, 1.807) is 36.4 Å². The van der Waals surface area contributed by atoms with Crippen molar-refractivity contribution in [1.29, 1.82) is 5.26 Å². The number of aromatic nitrogens is 3. The highest BCUT2D eigenvalue weighted by Crippen LogP contribution is 2.42. The lowest BCUT2D eigenvalue weighted by Gasteiger charge is -2.14. The summed E-state index contributed by atoms with van der Waals surface area (Å²) in [5.74, 6) is 1.79. The number of aromatic amines is 1. The molecule has 0 aliphatic heterocycles. The molecule has 0 radical (unpaired) electrons. The summed E-state index contributed by atoms with van der Waals surface area (Å²) >= 11 is 0. The van der Waals surface area contributed by atoms with Gasteiger partial charge in [-0.25, -0.2) is 9.50 Å². The van der Waals surface area contributed by atoms with Crippen LogP contribution in [-0.4, -0.2) is 48.9 Å². The number of rotatable bonds is 7. The van der Waals surface area contributed by atoms with Crippen LogP contribution < -0.4 is 24.3 Å². The number of anilines is 1. The lowest BCUT2D eigenvalue weighted by Crippen LogP contribution is -2.14. The van der Waals surface area contributed by atoms with Crippen LogP contribution in [0.3, 0.4) is 0 Å². The standard InChI is InChI=1S/C23H21N5O5/c1-30-16-7-5-6-13(8-16)23(29)27-22-19(26-21-15(11-24)12-25-28(21)22)14-9-17(31-2)20(33-4)18(10-14)32-3/h5-10,12,25H,1-4H3,(H,27,29). The lowest BCUT2D eigenvalue weighted by atomic mass is 10.1. The Hall–Kier alpha value is -4.65. The second kappa shape index (κ2) is 8.84. The first-order valence-electron chi connectivity index (χ1n) is 9.80. The Balaban J connectivity index is 1.88. The first-order chi connectivity index (χ1) is 16.0. The first-order valence-corrected chi connectivity index (χ1v) is 9.80. The van der Waals surface area contributed by atoms with Crippen LogP contribution in [0.1, 0.15) is 15.9 Å². The molecule has 0 saturated carbocycles. The van der Waals surface area contributed by atoms with Gasteiger partial charge in [-0.15, -0.1) is 0 Å². The van der Waals surface area contributed by atoms with E-state index < -0.39 is 0 Å². The van der Waals surface area contributed by atoms with Crippen LogP contribution in [0.4, 0.5) is 5.82 Å². The summed E-state index contributed by atoms with van der Waals surface area (Å²) in [7, 11) is 6.07. The maximum absolute atomic E-state index is 13.1. The average Bonchev–Trinajstić information content (AvgIpc) is 3.42. The molecule has 0 bridgehead atoms. The molecule has 0 aliphatic rings. The number of nitrogens with one attached hydrogen (secondary N) is 2. The van der Waals surface area contributed by atoms with E-state index in [0.29, 0.717) is 56.8 Å². The maximum atomic E-state index is 13.1. The number of nitrogens with zero attached hydrogens (tertiary/aromatic N) is 3. The molecular weight excluding hydrogens is 426 g/mol. The molecule has 4 aromatic rings. The zero-order valence-corrected chi connectivity index (χ0v) is 18.4. The van der Waals surface area contributed by atoms with Crippen LogP contribution in [-0.2, 0) is 0 Å². The number of benzene rings is 2. The number of H-pyrrole nitrogens is 1. The predicted molar refractivity (Wildman–Crippen MR) is 120 cm³/mol. The van der Waals surface area contributed by atoms with Crippen molar-refractivity contribution >= 4 is 17.4 Å². The van der Waals surface area contributed by atoms with Crippen molar-refractivity contribution in [1.82, 2.24) is 14.6 Å². The SMILES string of the molecule is COc1cccc(C(=O)Nc2c(-c3cc(OC)c(OC)c(OC)c3)nc3c(C#N)c[nH]n23)c1. The fraction of sp³-hybridized carbons (Fsp3) is 0.174. The fourth-order valence-electron chi connectivity index (χ4n) is 3.48. The second-order valence-corrected chi connectivity index (χ2v) is 6.87. The number of methoxy groups -OCH3 is 4. The minimum Gasteiger partial charge on any atom is -0.497 e. The monoisotopic (exact) mass is 447 g/mol. The van der Waals surface area contributed by atoms with Gasteiger partial charge in [-0.2, -0.15) is 5.26 Å². The molecule has 33 heavy (non-hydrogen) atoms. The summed E-state index contributed by atoms with van der Waals surface area (Å²) in [6.07, 6.45) is 1.52. The minimum atomic E-state index is -0.377. The Labute approximate surface area is 189 Å². The Morgan fingerprint density at radius 3 is 2.39 bits per heavy atom. The lowest BCUT2D eigenvalue weighted by molar-refractivity contribution is 0.102. The molecule has 2 N–H and O–H groups in total. The topological polar surface area (TPSA) is 123 Å². The van der Waals surface area contributed by atoms with E-state index in [-0.39, 0.29) is 5.91 Å². The van der Waals surface area contributed by atoms with Crippen LogP contribution in [0.15, 0.2) is 42.6 Å². The van der Waals surface area contributed by atoms with Gasteiger partial charge in [0.2, 0.25) is 5.75 Å². The van der Waals surface area contributed by atoms with Crippen LogP contribution >= 0.6 is 0 Å². The molecule has 0 fully saturated rings. The fourth-order valence-corrected chi connectivity index (χ4v) is 3.48. The Morgan fingerprint density at radius 2 is 1.79 bits per heavy atom. The van der Waals surface area contributed by atoms with Crippen molar-refractivity contribution in [2.24, 2.45) is 0 Å². The highest BCUT2D eigenvalue weighted by Gasteiger charge is 2.23. The molecule has 2 heterocycles. The number of ether oxygens (including phenoxy) is 4. The zero-order chi connectivity index (χ0) is 23.5. The van der Waals surface area contributed by atoms with E-state index in [4.69, 9.17) is 18.9 Å². The van der Waals surface area contributed by atoms with Gasteiger partial charge < -0.3 is 24.3 Å². The van der Waals surface area contributed by atoms with Gasteiger partial charge in [0, 0.05) is 17.3 Å². The van der Waals surface area contributed by atoms with Crippen molar-refractivity contribution in [3.63, 3.8) is 0 Å². The average molecular weight is 447 g/mol. The zero-order valence-electron chi connectivity index (χ0n) is 18.4. The number of fused-ring (bicyclic) bond motifs is 1. The van der Waals surface area contributed by atoms with Crippen LogP contribution in [0, 0.1) is 11.3 Å². The summed E-state index contributed by atoms with van der Waals surface area (Å²) in [4.78, 5) is 17.7. The molecule has 4 rings (SSSR count). The van der Waals surface area contributed by atoms with Crippen molar-refractivity contribution in [2.75, 3.05) is 33.8 Å². The maximum Gasteiger partial charge on any atom is 0.257 e. The molecule has 1 amide bonds. The number of nitriles is 1. The molecule has 0 saturated heterocycles. The molecule has 0 atom stereocenters. The predicted octanol–water partition coefficient (Wildman–Crippen LogP) is 3.49. The van der Waals surface area contributed by atoms with E-state index in [1.807, 2.05) is 0 Å². The summed E-state index contributed by atoms with van der Waals surface area (Å²) in [6, 6.07) is 12.3. The van der Waals surface area contributed by atoms with E-state index in [2.05, 4.69) is 21.5 Å². The quantitative estimate of drug-likeness (QED) is 0.445. The van der Waals surface area contributed by atoms with Gasteiger partial charge >= 0.3 is 0 Å². The molecular formula is C23H21N5O5. The number of carbonyl (C=O) groups excluding carboxylic acids is 1. The Morgan fingerprint density at radius 1 is 1.06 bits per heavy atom. The van der Waals surface area contributed by atoms with Crippen molar-refractivity contribution in [3.8, 4) is 40.3 Å². The third-order valence-corrected chi connectivity index (χ3v) is 5.08. The van der Waals surface area contributed by atoms with Crippen LogP contribution in [0.5, 0.6) is 23.0 Å². The smallest absolute Gasteiger partial charge is 0.257 e.